The molecule has 0 spiro atoms. The summed E-state index contributed by atoms with van der Waals surface area (Å²) in [6.45, 7) is 5.02. The van der Waals surface area contributed by atoms with Gasteiger partial charge in [-0.15, -0.1) is 0 Å². The highest BCUT2D eigenvalue weighted by Crippen LogP contribution is 2.15. The van der Waals surface area contributed by atoms with Gasteiger partial charge in [0, 0.05) is 25.4 Å². The lowest BCUT2D eigenvalue weighted by Gasteiger charge is -2.17. The van der Waals surface area contributed by atoms with Crippen molar-refractivity contribution in [2.24, 2.45) is 0 Å². The Morgan fingerprint density at radius 1 is 1.53 bits per heavy atom. The highest BCUT2D eigenvalue weighted by atomic mass is 35.5. The molecule has 0 aliphatic heterocycles. The van der Waals surface area contributed by atoms with Crippen molar-refractivity contribution in [2.45, 2.75) is 13.8 Å². The number of hydrogen-bond acceptors (Lipinski definition) is 3. The molecule has 0 unspecified atom stereocenters. The van der Waals surface area contributed by atoms with Crippen LogP contribution in [0.1, 0.15) is 13.8 Å². The average Bonchev–Trinajstić information content (AvgIpc) is 2.19. The number of carbonyl (C=O) groups excluding carboxylic acids is 1. The zero-order valence-corrected chi connectivity index (χ0v) is 9.49. The van der Waals surface area contributed by atoms with Crippen LogP contribution in [0.25, 0.3) is 0 Å². The van der Waals surface area contributed by atoms with Crippen molar-refractivity contribution in [3.63, 3.8) is 0 Å². The van der Waals surface area contributed by atoms with Gasteiger partial charge in [0.05, 0.1) is 0 Å². The maximum Gasteiger partial charge on any atom is 0.415 e. The number of pyridine rings is 1. The summed E-state index contributed by atoms with van der Waals surface area (Å²) in [5.41, 5.74) is 0. The molecular formula is C10H13ClN2O2. The molecule has 15 heavy (non-hydrogen) atoms. The van der Waals surface area contributed by atoms with Gasteiger partial charge >= 0.3 is 6.09 Å². The van der Waals surface area contributed by atoms with Crippen molar-refractivity contribution in [2.75, 3.05) is 13.1 Å². The summed E-state index contributed by atoms with van der Waals surface area (Å²) in [4.78, 5) is 16.9. The molecule has 1 rings (SSSR count). The molecule has 5 heteroatoms. The molecule has 0 radical (unpaired) electrons. The van der Waals surface area contributed by atoms with E-state index in [1.54, 1.807) is 11.0 Å². The third-order valence-corrected chi connectivity index (χ3v) is 2.13. The van der Waals surface area contributed by atoms with Gasteiger partial charge in [-0.1, -0.05) is 11.6 Å². The minimum Gasteiger partial charge on any atom is -0.410 e. The summed E-state index contributed by atoms with van der Waals surface area (Å²) in [5.74, 6) is 0.409. The molecule has 0 fully saturated rings. The second-order valence-corrected chi connectivity index (χ2v) is 3.24. The van der Waals surface area contributed by atoms with Gasteiger partial charge in [-0.2, -0.15) is 0 Å². The molecule has 1 aromatic heterocycles. The number of aromatic nitrogens is 1. The molecule has 1 heterocycles. The number of hydrogen-bond donors (Lipinski definition) is 0. The van der Waals surface area contributed by atoms with Gasteiger partial charge in [-0.05, 0) is 19.9 Å². The van der Waals surface area contributed by atoms with Gasteiger partial charge in [0.1, 0.15) is 10.9 Å². The van der Waals surface area contributed by atoms with E-state index in [1.165, 1.54) is 12.3 Å². The van der Waals surface area contributed by atoms with Crippen LogP contribution in [0.2, 0.25) is 5.15 Å². The smallest absolute Gasteiger partial charge is 0.410 e. The zero-order valence-electron chi connectivity index (χ0n) is 8.74. The minimum atomic E-state index is -0.373. The lowest BCUT2D eigenvalue weighted by Crippen LogP contribution is -2.33. The third kappa shape index (κ3) is 3.40. The van der Waals surface area contributed by atoms with Crippen LogP contribution in [-0.2, 0) is 0 Å². The van der Waals surface area contributed by atoms with Gasteiger partial charge in [-0.25, -0.2) is 9.78 Å². The van der Waals surface area contributed by atoms with E-state index in [2.05, 4.69) is 4.98 Å². The standard InChI is InChI=1S/C10H13ClN2O2/c1-3-13(4-2)10(14)15-8-5-6-12-9(11)7-8/h5-7H,3-4H2,1-2H3. The van der Waals surface area contributed by atoms with Crippen molar-refractivity contribution in [1.82, 2.24) is 9.88 Å². The van der Waals surface area contributed by atoms with Crippen LogP contribution in [0.3, 0.4) is 0 Å². The first-order chi connectivity index (χ1) is 7.17. The second-order valence-electron chi connectivity index (χ2n) is 2.85. The van der Waals surface area contributed by atoms with Crippen LogP contribution in [0.15, 0.2) is 18.3 Å². The first-order valence-electron chi connectivity index (χ1n) is 4.75. The number of ether oxygens (including phenoxy) is 1. The van der Waals surface area contributed by atoms with E-state index in [1.807, 2.05) is 13.8 Å². The fraction of sp³-hybridized carbons (Fsp3) is 0.400. The van der Waals surface area contributed by atoms with E-state index in [0.717, 1.165) is 0 Å². The van der Waals surface area contributed by atoms with Crippen molar-refractivity contribution < 1.29 is 9.53 Å². The largest absolute Gasteiger partial charge is 0.415 e. The average molecular weight is 229 g/mol. The Hall–Kier alpha value is -1.29. The topological polar surface area (TPSA) is 42.4 Å². The second kappa shape index (κ2) is 5.56. The van der Waals surface area contributed by atoms with Crippen molar-refractivity contribution in [1.29, 1.82) is 0 Å². The summed E-state index contributed by atoms with van der Waals surface area (Å²) in [6.07, 6.45) is 1.12. The van der Waals surface area contributed by atoms with Crippen LogP contribution >= 0.6 is 11.6 Å². The molecule has 82 valence electrons. The monoisotopic (exact) mass is 228 g/mol. The van der Waals surface area contributed by atoms with Gasteiger partial charge < -0.3 is 9.64 Å². The van der Waals surface area contributed by atoms with Crippen molar-refractivity contribution in [3.05, 3.63) is 23.5 Å². The summed E-state index contributed by atoms with van der Waals surface area (Å²) in [5, 5.41) is 0.305. The fourth-order valence-electron chi connectivity index (χ4n) is 1.10. The Morgan fingerprint density at radius 2 is 2.20 bits per heavy atom. The number of halogens is 1. The summed E-state index contributed by atoms with van der Waals surface area (Å²) < 4.78 is 5.10. The number of carbonyl (C=O) groups is 1. The van der Waals surface area contributed by atoms with E-state index in [0.29, 0.717) is 24.0 Å². The van der Waals surface area contributed by atoms with Gasteiger partial charge in [0.25, 0.3) is 0 Å². The van der Waals surface area contributed by atoms with Gasteiger partial charge in [0.15, 0.2) is 0 Å². The van der Waals surface area contributed by atoms with E-state index in [-0.39, 0.29) is 6.09 Å². The number of amides is 1. The lowest BCUT2D eigenvalue weighted by molar-refractivity contribution is 0.157. The van der Waals surface area contributed by atoms with Crippen molar-refractivity contribution >= 4 is 17.7 Å². The molecule has 0 aromatic carbocycles. The molecule has 0 aliphatic carbocycles. The molecule has 1 aromatic rings. The fourth-order valence-corrected chi connectivity index (χ4v) is 1.26. The summed E-state index contributed by atoms with van der Waals surface area (Å²) in [7, 11) is 0. The first-order valence-corrected chi connectivity index (χ1v) is 5.13. The van der Waals surface area contributed by atoms with Gasteiger partial charge in [0.2, 0.25) is 0 Å². The molecule has 1 amide bonds. The summed E-state index contributed by atoms with van der Waals surface area (Å²) in [6, 6.07) is 3.09. The van der Waals surface area contributed by atoms with Crippen LogP contribution in [-0.4, -0.2) is 29.1 Å². The Bertz CT molecular complexity index is 340. The Labute approximate surface area is 93.8 Å². The Morgan fingerprint density at radius 3 is 2.73 bits per heavy atom. The van der Waals surface area contributed by atoms with Crippen LogP contribution < -0.4 is 4.74 Å². The van der Waals surface area contributed by atoms with Crippen molar-refractivity contribution in [3.8, 4) is 5.75 Å². The number of rotatable bonds is 3. The highest BCUT2D eigenvalue weighted by molar-refractivity contribution is 6.29. The highest BCUT2D eigenvalue weighted by Gasteiger charge is 2.11. The Balaban J connectivity index is 2.65. The molecule has 0 atom stereocenters. The SMILES string of the molecule is CCN(CC)C(=O)Oc1ccnc(Cl)c1. The number of nitrogens with zero attached hydrogens (tertiary/aromatic N) is 2. The Kier molecular flexibility index (Phi) is 4.37. The maximum atomic E-state index is 11.5. The molecule has 0 N–H and O–H groups in total. The van der Waals surface area contributed by atoms with E-state index in [4.69, 9.17) is 16.3 Å². The predicted octanol–water partition coefficient (Wildman–Crippen LogP) is 2.58. The molecule has 0 aliphatic rings. The third-order valence-electron chi connectivity index (χ3n) is 1.92. The van der Waals surface area contributed by atoms with Gasteiger partial charge in [-0.3, -0.25) is 0 Å². The zero-order chi connectivity index (χ0) is 11.3. The quantitative estimate of drug-likeness (QED) is 0.747. The van der Waals surface area contributed by atoms with E-state index >= 15 is 0 Å². The molecule has 4 nitrogen and oxygen atoms in total. The maximum absolute atomic E-state index is 11.5. The van der Waals surface area contributed by atoms with Crippen LogP contribution in [0.4, 0.5) is 4.79 Å². The summed E-state index contributed by atoms with van der Waals surface area (Å²) >= 11 is 5.66. The molecule has 0 saturated carbocycles. The minimum absolute atomic E-state index is 0.305. The lowest BCUT2D eigenvalue weighted by atomic mass is 10.4. The molecule has 0 saturated heterocycles. The predicted molar refractivity (Wildman–Crippen MR) is 58.2 cm³/mol. The van der Waals surface area contributed by atoms with Crippen LogP contribution in [0.5, 0.6) is 5.75 Å². The van der Waals surface area contributed by atoms with E-state index in [9.17, 15) is 4.79 Å². The molecule has 0 bridgehead atoms. The van der Waals surface area contributed by atoms with E-state index < -0.39 is 0 Å². The normalized spacial score (nSPS) is 9.80. The first kappa shape index (κ1) is 11.8. The molecular weight excluding hydrogens is 216 g/mol. The van der Waals surface area contributed by atoms with Crippen LogP contribution in [0, 0.1) is 0 Å².